The fourth-order valence-corrected chi connectivity index (χ4v) is 4.06. The number of anilines is 2. The smallest absolute Gasteiger partial charge is 0.224 e. The average Bonchev–Trinajstić information content (AvgIpc) is 2.83. The summed E-state index contributed by atoms with van der Waals surface area (Å²) >= 11 is 0. The number of hydrogen-bond acceptors (Lipinski definition) is 5. The number of aromatic nitrogens is 2. The molecule has 2 saturated heterocycles. The zero-order valence-electron chi connectivity index (χ0n) is 16.3. The molecule has 5 nitrogen and oxygen atoms in total. The molecule has 0 aromatic carbocycles. The maximum Gasteiger partial charge on any atom is 0.224 e. The van der Waals surface area contributed by atoms with E-state index in [4.69, 9.17) is 4.98 Å². The Balaban J connectivity index is 1.57. The van der Waals surface area contributed by atoms with Crippen LogP contribution in [0.25, 0.3) is 0 Å². The molecule has 0 radical (unpaired) electrons. The molecule has 0 spiro atoms. The van der Waals surface area contributed by atoms with Gasteiger partial charge in [0.05, 0.1) is 0 Å². The molecule has 0 saturated carbocycles. The highest BCUT2D eigenvalue weighted by molar-refractivity contribution is 5.42. The molecule has 1 aromatic heterocycles. The molecular formula is C20H35N5. The second-order valence-electron chi connectivity index (χ2n) is 8.85. The highest BCUT2D eigenvalue weighted by Gasteiger charge is 2.27. The minimum atomic E-state index is 0.353. The standard InChI is InChI=1S/C20H35N5/c1-20(2,3)16-25-14-8-9-17(25)15-22-19-21-11-10-18(23-19)24-12-6-4-5-7-13-24/h10-11,17H,4-9,12-16H2,1-3H3,(H,21,22,23). The van der Waals surface area contributed by atoms with E-state index in [1.165, 1.54) is 45.1 Å². The SMILES string of the molecule is CC(C)(C)CN1CCCC1CNc1nccc(N2CCCCCC2)n1. The van der Waals surface area contributed by atoms with Crippen molar-refractivity contribution in [1.82, 2.24) is 14.9 Å². The van der Waals surface area contributed by atoms with Gasteiger partial charge in [0, 0.05) is 38.4 Å². The molecular weight excluding hydrogens is 310 g/mol. The zero-order chi connectivity index (χ0) is 17.7. The summed E-state index contributed by atoms with van der Waals surface area (Å²) in [5, 5.41) is 3.51. The Labute approximate surface area is 153 Å². The van der Waals surface area contributed by atoms with Gasteiger partial charge in [-0.05, 0) is 43.7 Å². The molecule has 5 heteroatoms. The third-order valence-corrected chi connectivity index (χ3v) is 5.24. The largest absolute Gasteiger partial charge is 0.356 e. The Morgan fingerprint density at radius 2 is 1.84 bits per heavy atom. The summed E-state index contributed by atoms with van der Waals surface area (Å²) in [5.41, 5.74) is 0.353. The Bertz CT molecular complexity index is 531. The summed E-state index contributed by atoms with van der Waals surface area (Å²) in [6.07, 6.45) is 9.71. The van der Waals surface area contributed by atoms with E-state index in [1.807, 2.05) is 6.20 Å². The van der Waals surface area contributed by atoms with Crippen LogP contribution >= 0.6 is 0 Å². The molecule has 3 rings (SSSR count). The van der Waals surface area contributed by atoms with E-state index in [0.717, 1.165) is 37.9 Å². The average molecular weight is 346 g/mol. The van der Waals surface area contributed by atoms with Crippen LogP contribution in [0.4, 0.5) is 11.8 Å². The summed E-state index contributed by atoms with van der Waals surface area (Å²) in [6.45, 7) is 12.5. The van der Waals surface area contributed by atoms with Crippen molar-refractivity contribution in [1.29, 1.82) is 0 Å². The molecule has 2 aliphatic rings. The van der Waals surface area contributed by atoms with Crippen LogP contribution in [0.5, 0.6) is 0 Å². The fraction of sp³-hybridized carbons (Fsp3) is 0.800. The molecule has 25 heavy (non-hydrogen) atoms. The molecule has 140 valence electrons. The van der Waals surface area contributed by atoms with Gasteiger partial charge in [-0.2, -0.15) is 4.98 Å². The van der Waals surface area contributed by atoms with Gasteiger partial charge in [-0.15, -0.1) is 0 Å². The van der Waals surface area contributed by atoms with E-state index in [0.29, 0.717) is 11.5 Å². The van der Waals surface area contributed by atoms with E-state index in [9.17, 15) is 0 Å². The summed E-state index contributed by atoms with van der Waals surface area (Å²) < 4.78 is 0. The maximum atomic E-state index is 4.78. The molecule has 1 aromatic rings. The Hall–Kier alpha value is -1.36. The van der Waals surface area contributed by atoms with Crippen molar-refractivity contribution in [3.05, 3.63) is 12.3 Å². The summed E-state index contributed by atoms with van der Waals surface area (Å²) in [5.74, 6) is 1.86. The van der Waals surface area contributed by atoms with Crippen molar-refractivity contribution in [3.8, 4) is 0 Å². The number of nitrogens with zero attached hydrogens (tertiary/aromatic N) is 4. The van der Waals surface area contributed by atoms with Gasteiger partial charge in [0.2, 0.25) is 5.95 Å². The first-order valence-electron chi connectivity index (χ1n) is 10.1. The van der Waals surface area contributed by atoms with Crippen LogP contribution in [0.3, 0.4) is 0 Å². The summed E-state index contributed by atoms with van der Waals surface area (Å²) in [7, 11) is 0. The minimum absolute atomic E-state index is 0.353. The first kappa shape index (κ1) is 18.4. The molecule has 3 heterocycles. The van der Waals surface area contributed by atoms with E-state index < -0.39 is 0 Å². The van der Waals surface area contributed by atoms with Crippen molar-refractivity contribution in [3.63, 3.8) is 0 Å². The lowest BCUT2D eigenvalue weighted by molar-refractivity contribution is 0.183. The molecule has 1 unspecified atom stereocenters. The monoisotopic (exact) mass is 345 g/mol. The Morgan fingerprint density at radius 1 is 1.08 bits per heavy atom. The normalized spacial score (nSPS) is 22.8. The molecule has 0 amide bonds. The van der Waals surface area contributed by atoms with Gasteiger partial charge >= 0.3 is 0 Å². The third kappa shape index (κ3) is 5.56. The highest BCUT2D eigenvalue weighted by atomic mass is 15.2. The second kappa shape index (κ2) is 8.35. The molecule has 0 aliphatic carbocycles. The first-order chi connectivity index (χ1) is 12.0. The van der Waals surface area contributed by atoms with Gasteiger partial charge in [-0.1, -0.05) is 33.6 Å². The van der Waals surface area contributed by atoms with Gasteiger partial charge in [0.1, 0.15) is 5.82 Å². The highest BCUT2D eigenvalue weighted by Crippen LogP contribution is 2.24. The van der Waals surface area contributed by atoms with Gasteiger partial charge in [-0.25, -0.2) is 4.98 Å². The van der Waals surface area contributed by atoms with E-state index in [-0.39, 0.29) is 0 Å². The molecule has 2 fully saturated rings. The summed E-state index contributed by atoms with van der Waals surface area (Å²) in [6, 6.07) is 2.66. The quantitative estimate of drug-likeness (QED) is 0.880. The van der Waals surface area contributed by atoms with E-state index in [2.05, 4.69) is 46.9 Å². The second-order valence-corrected chi connectivity index (χ2v) is 8.85. The number of likely N-dealkylation sites (tertiary alicyclic amines) is 1. The van der Waals surface area contributed by atoms with Gasteiger partial charge in [0.15, 0.2) is 0 Å². The van der Waals surface area contributed by atoms with Crippen LogP contribution < -0.4 is 10.2 Å². The van der Waals surface area contributed by atoms with Crippen molar-refractivity contribution < 1.29 is 0 Å². The van der Waals surface area contributed by atoms with Crippen LogP contribution in [0, 0.1) is 5.41 Å². The van der Waals surface area contributed by atoms with Crippen LogP contribution in [0.1, 0.15) is 59.3 Å². The lowest BCUT2D eigenvalue weighted by Gasteiger charge is -2.31. The Kier molecular flexibility index (Phi) is 6.15. The van der Waals surface area contributed by atoms with E-state index in [1.54, 1.807) is 0 Å². The topological polar surface area (TPSA) is 44.3 Å². The van der Waals surface area contributed by atoms with Crippen molar-refractivity contribution >= 4 is 11.8 Å². The predicted octanol–water partition coefficient (Wildman–Crippen LogP) is 3.78. The van der Waals surface area contributed by atoms with Gasteiger partial charge < -0.3 is 10.2 Å². The fourth-order valence-electron chi connectivity index (χ4n) is 4.06. The molecule has 0 bridgehead atoms. The number of rotatable bonds is 5. The minimum Gasteiger partial charge on any atom is -0.356 e. The van der Waals surface area contributed by atoms with Gasteiger partial charge in [-0.3, -0.25) is 4.90 Å². The third-order valence-electron chi connectivity index (χ3n) is 5.24. The predicted molar refractivity (Wildman–Crippen MR) is 105 cm³/mol. The van der Waals surface area contributed by atoms with Crippen LogP contribution in [-0.4, -0.2) is 53.6 Å². The van der Waals surface area contributed by atoms with Crippen LogP contribution in [0.2, 0.25) is 0 Å². The Morgan fingerprint density at radius 3 is 2.56 bits per heavy atom. The first-order valence-corrected chi connectivity index (χ1v) is 10.1. The summed E-state index contributed by atoms with van der Waals surface area (Å²) in [4.78, 5) is 14.3. The van der Waals surface area contributed by atoms with Crippen LogP contribution in [0.15, 0.2) is 12.3 Å². The van der Waals surface area contributed by atoms with E-state index >= 15 is 0 Å². The van der Waals surface area contributed by atoms with Crippen LogP contribution in [-0.2, 0) is 0 Å². The molecule has 1 N–H and O–H groups in total. The zero-order valence-corrected chi connectivity index (χ0v) is 16.3. The molecule has 1 atom stereocenters. The lowest BCUT2D eigenvalue weighted by Crippen LogP contribution is -2.40. The van der Waals surface area contributed by atoms with Crippen molar-refractivity contribution in [2.45, 2.75) is 65.3 Å². The van der Waals surface area contributed by atoms with Gasteiger partial charge in [0.25, 0.3) is 0 Å². The lowest BCUT2D eigenvalue weighted by atomic mass is 9.96. The number of hydrogen-bond donors (Lipinski definition) is 1. The maximum absolute atomic E-state index is 4.78. The number of nitrogens with one attached hydrogen (secondary N) is 1. The van der Waals surface area contributed by atoms with Crippen molar-refractivity contribution in [2.24, 2.45) is 5.41 Å². The molecule has 2 aliphatic heterocycles. The van der Waals surface area contributed by atoms with Crippen molar-refractivity contribution in [2.75, 3.05) is 42.9 Å².